The molecule has 0 heterocycles. The number of ether oxygens (including phenoxy) is 1. The van der Waals surface area contributed by atoms with E-state index in [4.69, 9.17) is 22.1 Å². The Hall–Kier alpha value is -1.58. The van der Waals surface area contributed by atoms with E-state index in [1.165, 1.54) is 12.1 Å². The van der Waals surface area contributed by atoms with Crippen molar-refractivity contribution in [2.45, 2.75) is 13.2 Å². The largest absolute Gasteiger partial charge is 0.396 e. The molecule has 2 rings (SSSR count). The molecule has 0 bridgehead atoms. The van der Waals surface area contributed by atoms with Crippen LogP contribution < -0.4 is 5.73 Å². The van der Waals surface area contributed by atoms with Gasteiger partial charge in [-0.2, -0.15) is 0 Å². The Balaban J connectivity index is 1.88. The maximum Gasteiger partial charge on any atom is 0.146 e. The van der Waals surface area contributed by atoms with Crippen LogP contribution >= 0.6 is 11.6 Å². The van der Waals surface area contributed by atoms with Gasteiger partial charge in [0, 0.05) is 5.02 Å². The maximum absolute atomic E-state index is 13.2. The summed E-state index contributed by atoms with van der Waals surface area (Å²) in [7, 11) is 0. The first-order chi connectivity index (χ1) is 8.65. The second-order valence-electron chi connectivity index (χ2n) is 3.98. The number of hydrogen-bond acceptors (Lipinski definition) is 2. The van der Waals surface area contributed by atoms with Crippen LogP contribution in [0.1, 0.15) is 11.1 Å². The molecule has 94 valence electrons. The van der Waals surface area contributed by atoms with E-state index >= 15 is 0 Å². The van der Waals surface area contributed by atoms with Gasteiger partial charge in [-0.25, -0.2) is 4.39 Å². The molecular weight excluding hydrogens is 253 g/mol. The predicted octanol–water partition coefficient (Wildman–Crippen LogP) is 3.78. The Morgan fingerprint density at radius 2 is 1.61 bits per heavy atom. The van der Waals surface area contributed by atoms with Crippen LogP contribution in [0.15, 0.2) is 42.5 Å². The predicted molar refractivity (Wildman–Crippen MR) is 70.8 cm³/mol. The molecule has 0 aliphatic heterocycles. The lowest BCUT2D eigenvalue weighted by molar-refractivity contribution is 0.107. The normalized spacial score (nSPS) is 10.6. The Bertz CT molecular complexity index is 528. The van der Waals surface area contributed by atoms with Crippen molar-refractivity contribution in [3.8, 4) is 0 Å². The molecular formula is C14H13ClFNO. The second kappa shape index (κ2) is 5.85. The monoisotopic (exact) mass is 265 g/mol. The highest BCUT2D eigenvalue weighted by atomic mass is 35.5. The Morgan fingerprint density at radius 3 is 2.28 bits per heavy atom. The van der Waals surface area contributed by atoms with Crippen LogP contribution in [0.5, 0.6) is 0 Å². The van der Waals surface area contributed by atoms with E-state index in [0.29, 0.717) is 18.2 Å². The summed E-state index contributed by atoms with van der Waals surface area (Å²) in [5.74, 6) is -0.414. The fraction of sp³-hybridized carbons (Fsp3) is 0.143. The first kappa shape index (κ1) is 12.9. The van der Waals surface area contributed by atoms with E-state index in [-0.39, 0.29) is 5.69 Å². The van der Waals surface area contributed by atoms with Crippen molar-refractivity contribution in [1.29, 1.82) is 0 Å². The van der Waals surface area contributed by atoms with Gasteiger partial charge in [-0.1, -0.05) is 29.8 Å². The van der Waals surface area contributed by atoms with Gasteiger partial charge in [0.25, 0.3) is 0 Å². The number of rotatable bonds is 4. The summed E-state index contributed by atoms with van der Waals surface area (Å²) in [5, 5.41) is 0.694. The first-order valence-corrected chi connectivity index (χ1v) is 5.89. The number of nitrogen functional groups attached to an aromatic ring is 1. The number of nitrogens with two attached hydrogens (primary N) is 1. The van der Waals surface area contributed by atoms with Crippen LogP contribution in [-0.2, 0) is 18.0 Å². The van der Waals surface area contributed by atoms with Crippen LogP contribution in [0.2, 0.25) is 5.02 Å². The van der Waals surface area contributed by atoms with Crippen LogP contribution in [0.25, 0.3) is 0 Å². The highest BCUT2D eigenvalue weighted by Crippen LogP contribution is 2.14. The summed E-state index contributed by atoms with van der Waals surface area (Å²) in [6, 6.07) is 12.1. The van der Waals surface area contributed by atoms with Gasteiger partial charge in [-0.05, 0) is 35.4 Å². The van der Waals surface area contributed by atoms with E-state index in [0.717, 1.165) is 11.1 Å². The van der Waals surface area contributed by atoms with Gasteiger partial charge < -0.3 is 10.5 Å². The Morgan fingerprint density at radius 1 is 1.00 bits per heavy atom. The molecule has 0 atom stereocenters. The van der Waals surface area contributed by atoms with E-state index in [9.17, 15) is 4.39 Å². The summed E-state index contributed by atoms with van der Waals surface area (Å²) in [5.41, 5.74) is 7.33. The molecule has 0 amide bonds. The molecule has 0 saturated carbocycles. The molecule has 0 saturated heterocycles. The van der Waals surface area contributed by atoms with E-state index < -0.39 is 5.82 Å². The summed E-state index contributed by atoms with van der Waals surface area (Å²) in [6.45, 7) is 0.809. The molecule has 2 N–H and O–H groups in total. The van der Waals surface area contributed by atoms with Crippen molar-refractivity contribution in [1.82, 2.24) is 0 Å². The van der Waals surface area contributed by atoms with Gasteiger partial charge in [0.2, 0.25) is 0 Å². The molecule has 0 aromatic heterocycles. The highest BCUT2D eigenvalue weighted by molar-refractivity contribution is 6.30. The van der Waals surface area contributed by atoms with Crippen LogP contribution in [0.4, 0.5) is 10.1 Å². The lowest BCUT2D eigenvalue weighted by atomic mass is 10.2. The minimum atomic E-state index is -0.414. The maximum atomic E-state index is 13.2. The van der Waals surface area contributed by atoms with Gasteiger partial charge in [0.1, 0.15) is 5.82 Å². The molecule has 2 nitrogen and oxygen atoms in total. The van der Waals surface area contributed by atoms with Crippen LogP contribution in [-0.4, -0.2) is 0 Å². The minimum Gasteiger partial charge on any atom is -0.396 e. The fourth-order valence-corrected chi connectivity index (χ4v) is 1.65. The van der Waals surface area contributed by atoms with Crippen molar-refractivity contribution in [3.05, 3.63) is 64.4 Å². The van der Waals surface area contributed by atoms with Crippen molar-refractivity contribution in [2.75, 3.05) is 5.73 Å². The molecule has 0 radical (unpaired) electrons. The van der Waals surface area contributed by atoms with Gasteiger partial charge in [-0.15, -0.1) is 0 Å². The molecule has 18 heavy (non-hydrogen) atoms. The number of benzene rings is 2. The van der Waals surface area contributed by atoms with E-state index in [1.807, 2.05) is 24.3 Å². The molecule has 0 fully saturated rings. The fourth-order valence-electron chi connectivity index (χ4n) is 1.53. The zero-order valence-corrected chi connectivity index (χ0v) is 10.5. The average Bonchev–Trinajstić information content (AvgIpc) is 2.36. The molecule has 0 aliphatic rings. The molecule has 0 aliphatic carbocycles. The van der Waals surface area contributed by atoms with Gasteiger partial charge in [0.15, 0.2) is 0 Å². The van der Waals surface area contributed by atoms with E-state index in [2.05, 4.69) is 0 Å². The average molecular weight is 266 g/mol. The molecule has 4 heteroatoms. The molecule has 2 aromatic rings. The molecule has 2 aromatic carbocycles. The summed E-state index contributed by atoms with van der Waals surface area (Å²) in [6.07, 6.45) is 0. The quantitative estimate of drug-likeness (QED) is 0.854. The summed E-state index contributed by atoms with van der Waals surface area (Å²) >= 11 is 5.78. The van der Waals surface area contributed by atoms with Crippen molar-refractivity contribution in [3.63, 3.8) is 0 Å². The van der Waals surface area contributed by atoms with Crippen LogP contribution in [0.3, 0.4) is 0 Å². The highest BCUT2D eigenvalue weighted by Gasteiger charge is 2.00. The minimum absolute atomic E-state index is 0.149. The third-order valence-corrected chi connectivity index (χ3v) is 2.77. The van der Waals surface area contributed by atoms with E-state index in [1.54, 1.807) is 6.07 Å². The van der Waals surface area contributed by atoms with Crippen molar-refractivity contribution >= 4 is 17.3 Å². The van der Waals surface area contributed by atoms with Crippen LogP contribution in [0, 0.1) is 5.82 Å². The topological polar surface area (TPSA) is 35.2 Å². The SMILES string of the molecule is Nc1ccc(COCc2ccc(Cl)cc2)cc1F. The van der Waals surface area contributed by atoms with Gasteiger partial charge in [-0.3, -0.25) is 0 Å². The summed E-state index contributed by atoms with van der Waals surface area (Å²) < 4.78 is 18.7. The first-order valence-electron chi connectivity index (χ1n) is 5.51. The standard InChI is InChI=1S/C14H13ClFNO/c15-12-4-1-10(2-5-12)8-18-9-11-3-6-14(17)13(16)7-11/h1-7H,8-9,17H2. The Labute approximate surface area is 110 Å². The lowest BCUT2D eigenvalue weighted by Gasteiger charge is -2.06. The zero-order chi connectivity index (χ0) is 13.0. The smallest absolute Gasteiger partial charge is 0.146 e. The molecule has 0 spiro atoms. The van der Waals surface area contributed by atoms with Gasteiger partial charge in [0.05, 0.1) is 18.9 Å². The van der Waals surface area contributed by atoms with Crippen molar-refractivity contribution < 1.29 is 9.13 Å². The molecule has 0 unspecified atom stereocenters. The van der Waals surface area contributed by atoms with Gasteiger partial charge >= 0.3 is 0 Å². The number of hydrogen-bond donors (Lipinski definition) is 1. The van der Waals surface area contributed by atoms with Crippen molar-refractivity contribution in [2.24, 2.45) is 0 Å². The Kier molecular flexibility index (Phi) is 4.18. The lowest BCUT2D eigenvalue weighted by Crippen LogP contribution is -1.96. The summed E-state index contributed by atoms with van der Waals surface area (Å²) in [4.78, 5) is 0. The number of anilines is 1. The third kappa shape index (κ3) is 3.45. The number of halogens is 2. The zero-order valence-electron chi connectivity index (χ0n) is 9.70. The second-order valence-corrected chi connectivity index (χ2v) is 4.41. The third-order valence-electron chi connectivity index (χ3n) is 2.52.